The minimum Gasteiger partial charge on any atom is -0.460 e. The van der Waals surface area contributed by atoms with Crippen molar-refractivity contribution >= 4 is 53.5 Å². The van der Waals surface area contributed by atoms with Gasteiger partial charge in [0.15, 0.2) is 0 Å². The van der Waals surface area contributed by atoms with Crippen LogP contribution in [0.2, 0.25) is 0 Å². The first-order valence-corrected chi connectivity index (χ1v) is 26.2. The summed E-state index contributed by atoms with van der Waals surface area (Å²) in [6.45, 7) is 17.4. The lowest BCUT2D eigenvalue weighted by Crippen LogP contribution is -2.62. The van der Waals surface area contributed by atoms with Gasteiger partial charge in [0.25, 0.3) is 0 Å². The lowest BCUT2D eigenvalue weighted by atomic mass is 9.95. The molecule has 0 saturated carbocycles. The predicted molar refractivity (Wildman–Crippen MR) is 283 cm³/mol. The van der Waals surface area contributed by atoms with Crippen LogP contribution in [0.4, 0.5) is 4.79 Å². The van der Waals surface area contributed by atoms with E-state index in [0.717, 1.165) is 22.3 Å². The number of nitrogens with one attached hydrogen (secondary N) is 6. The number of hydrogen-bond acceptors (Lipinski definition) is 18. The molecule has 10 N–H and O–H groups in total. The fourth-order valence-electron chi connectivity index (χ4n) is 8.63. The predicted octanol–water partition coefficient (Wildman–Crippen LogP) is 1.05. The molecule has 0 bridgehead atoms. The Morgan fingerprint density at radius 2 is 1.01 bits per heavy atom. The quantitative estimate of drug-likeness (QED) is 0.0549. The molecule has 79 heavy (non-hydrogen) atoms. The molecule has 1 heterocycles. The van der Waals surface area contributed by atoms with Gasteiger partial charge in [-0.05, 0) is 104 Å². The third kappa shape index (κ3) is 19.8. The van der Waals surface area contributed by atoms with Crippen molar-refractivity contribution in [2.24, 2.45) is 5.92 Å². The summed E-state index contributed by atoms with van der Waals surface area (Å²) in [6.07, 6.45) is -11.0. The van der Waals surface area contributed by atoms with Gasteiger partial charge in [-0.25, -0.2) is 4.79 Å². The van der Waals surface area contributed by atoms with E-state index in [1.54, 1.807) is 76.2 Å². The topological polar surface area (TPSA) is 353 Å². The maximum Gasteiger partial charge on any atom is 0.407 e. The van der Waals surface area contributed by atoms with Crippen LogP contribution >= 0.6 is 0 Å². The van der Waals surface area contributed by atoms with E-state index in [9.17, 15) is 63.6 Å². The van der Waals surface area contributed by atoms with Crippen LogP contribution < -0.4 is 31.9 Å². The number of aliphatic hydroxyl groups is 4. The molecule has 24 heteroatoms. The number of carbonyl (C=O) groups excluding carboxylic acids is 9. The summed E-state index contributed by atoms with van der Waals surface area (Å²) in [6, 6.07) is 7.28. The highest BCUT2D eigenvalue weighted by molar-refractivity contribution is 5.98. The molecular formula is C55H80N6O18. The summed E-state index contributed by atoms with van der Waals surface area (Å²) in [5, 5.41) is 55.0. The second-order valence-electron chi connectivity index (χ2n) is 22.9. The van der Waals surface area contributed by atoms with Gasteiger partial charge in [-0.2, -0.15) is 0 Å². The van der Waals surface area contributed by atoms with Crippen molar-refractivity contribution in [3.05, 3.63) is 59.7 Å². The lowest BCUT2D eigenvalue weighted by Gasteiger charge is -2.40. The van der Waals surface area contributed by atoms with Crippen molar-refractivity contribution < 1.29 is 87.3 Å². The highest BCUT2D eigenvalue weighted by atomic mass is 16.6. The van der Waals surface area contributed by atoms with Crippen molar-refractivity contribution in [1.29, 1.82) is 0 Å². The molecule has 2 aromatic carbocycles. The molecule has 0 aromatic heterocycles. The van der Waals surface area contributed by atoms with Crippen molar-refractivity contribution in [3.8, 4) is 11.1 Å². The Kier molecular flexibility index (Phi) is 22.9. The highest BCUT2D eigenvalue weighted by Gasteiger charge is 2.44. The minimum atomic E-state index is -1.73. The van der Waals surface area contributed by atoms with Gasteiger partial charge >= 0.3 is 24.0 Å². The van der Waals surface area contributed by atoms with Gasteiger partial charge in [-0.3, -0.25) is 38.4 Å². The van der Waals surface area contributed by atoms with Crippen LogP contribution in [0.15, 0.2) is 48.5 Å². The van der Waals surface area contributed by atoms with Crippen LogP contribution in [-0.2, 0) is 62.0 Å². The summed E-state index contributed by atoms with van der Waals surface area (Å²) in [5.41, 5.74) is 0.777. The third-order valence-corrected chi connectivity index (χ3v) is 12.3. The van der Waals surface area contributed by atoms with Gasteiger partial charge in [0, 0.05) is 18.9 Å². The SMILES string of the molecule is CC(C)[C@H](NC(=O)[C@H](CCC(=O)OC(C)(C)C)NC(=O)[C@H](CC(=O)OC(C)(C)C)NC(=O)OCC1c2ccccc2-c2ccccc21)C(=O)N[C@@H](CC(=O)OC(C)(C)C)C(=O)N[C@@H](C)C(=O)NC[C@@H]1O[C@H](CO)C(O)C(O)[C@H]1O. The standard InChI is InChI=1S/C55H80N6O18/c1-28(2)43(51(73)59-36(23-41(64)78-54(7,8)9)49(71)57-29(3)47(69)56-25-38-44(66)46(68)45(67)39(26-62)76-38)61-48(70)35(21-22-40(63)77-53(4,5)6)58-50(72)37(24-42(65)79-55(10,11)12)60-52(74)75-27-34-32-19-15-13-17-30(32)31-18-14-16-20-33(31)34/h13-20,28-29,34-39,43-46,62,66-68H,21-27H2,1-12H3,(H,56,69)(H,57,71)(H,58,72)(H,59,73)(H,60,74)(H,61,70)/t29-,35-,36-,37-,38-,39+,43-,44-,45?,46?/m0/s1. The molecule has 2 unspecified atom stereocenters. The number of benzene rings is 2. The maximum absolute atomic E-state index is 14.4. The summed E-state index contributed by atoms with van der Waals surface area (Å²) in [7, 11) is 0. The smallest absolute Gasteiger partial charge is 0.407 e. The molecule has 24 nitrogen and oxygen atoms in total. The molecule has 6 amide bonds. The number of alkyl carbamates (subject to hydrolysis) is 1. The number of fused-ring (bicyclic) bond motifs is 3. The van der Waals surface area contributed by atoms with E-state index in [1.807, 2.05) is 48.5 Å². The van der Waals surface area contributed by atoms with Gasteiger partial charge in [0.1, 0.15) is 84.1 Å². The molecule has 1 aliphatic carbocycles. The van der Waals surface area contributed by atoms with Crippen LogP contribution in [-0.4, -0.2) is 171 Å². The Balaban J connectivity index is 1.56. The number of hydrogen-bond donors (Lipinski definition) is 10. The van der Waals surface area contributed by atoms with Crippen molar-refractivity contribution in [1.82, 2.24) is 31.9 Å². The molecule has 1 aliphatic heterocycles. The largest absolute Gasteiger partial charge is 0.460 e. The Labute approximate surface area is 460 Å². The van der Waals surface area contributed by atoms with Crippen molar-refractivity contribution in [3.63, 3.8) is 0 Å². The van der Waals surface area contributed by atoms with Gasteiger partial charge in [0.05, 0.1) is 19.4 Å². The van der Waals surface area contributed by atoms with Gasteiger partial charge in [-0.1, -0.05) is 62.4 Å². The number of esters is 3. The van der Waals surface area contributed by atoms with Crippen molar-refractivity contribution in [2.45, 2.75) is 192 Å². The first-order valence-electron chi connectivity index (χ1n) is 26.2. The van der Waals surface area contributed by atoms with E-state index in [4.69, 9.17) is 23.7 Å². The van der Waals surface area contributed by atoms with Gasteiger partial charge in [0.2, 0.25) is 29.5 Å². The summed E-state index contributed by atoms with van der Waals surface area (Å²) >= 11 is 0. The summed E-state index contributed by atoms with van der Waals surface area (Å²) < 4.78 is 27.5. The number of ether oxygens (including phenoxy) is 5. The number of aliphatic hydroxyl groups excluding tert-OH is 4. The Hall–Kier alpha value is -6.73. The number of rotatable bonds is 23. The molecule has 0 spiro atoms. The van der Waals surface area contributed by atoms with Gasteiger partial charge in [-0.15, -0.1) is 0 Å². The Morgan fingerprint density at radius 1 is 0.557 bits per heavy atom. The zero-order valence-corrected chi connectivity index (χ0v) is 47.0. The van der Waals surface area contributed by atoms with E-state index >= 15 is 0 Å². The zero-order chi connectivity index (χ0) is 59.3. The van der Waals surface area contributed by atoms with Crippen molar-refractivity contribution in [2.75, 3.05) is 19.8 Å². The molecule has 4 rings (SSSR count). The van der Waals surface area contributed by atoms with Crippen LogP contribution in [0, 0.1) is 5.92 Å². The lowest BCUT2D eigenvalue weighted by molar-refractivity contribution is -0.227. The van der Waals surface area contributed by atoms with Gasteiger partial charge < -0.3 is 76.0 Å². The average Bonchev–Trinajstić information content (AvgIpc) is 3.66. The van der Waals surface area contributed by atoms with E-state index in [1.165, 1.54) is 6.92 Å². The molecule has 1 saturated heterocycles. The monoisotopic (exact) mass is 1110 g/mol. The normalized spacial score (nSPS) is 20.1. The second kappa shape index (κ2) is 27.9. The van der Waals surface area contributed by atoms with Crippen LogP contribution in [0.1, 0.15) is 126 Å². The van der Waals surface area contributed by atoms with Crippen LogP contribution in [0.3, 0.4) is 0 Å². The molecule has 1 fully saturated rings. The van der Waals surface area contributed by atoms with Crippen LogP contribution in [0.25, 0.3) is 11.1 Å². The maximum atomic E-state index is 14.4. The Morgan fingerprint density at radius 3 is 1.52 bits per heavy atom. The zero-order valence-electron chi connectivity index (χ0n) is 47.0. The molecule has 10 atom stereocenters. The van der Waals surface area contributed by atoms with E-state index in [-0.39, 0.29) is 12.5 Å². The fraction of sp³-hybridized carbons (Fsp3) is 0.618. The molecule has 0 radical (unpaired) electrons. The Bertz CT molecular complexity index is 2450. The fourth-order valence-corrected chi connectivity index (χ4v) is 8.63. The van der Waals surface area contributed by atoms with Crippen LogP contribution in [0.5, 0.6) is 0 Å². The third-order valence-electron chi connectivity index (χ3n) is 12.3. The molecular weight excluding hydrogens is 1030 g/mol. The first kappa shape index (κ1) is 64.8. The minimum absolute atomic E-state index is 0.149. The second-order valence-corrected chi connectivity index (χ2v) is 22.9. The highest BCUT2D eigenvalue weighted by Crippen LogP contribution is 2.44. The number of carbonyl (C=O) groups is 9. The molecule has 438 valence electrons. The number of amides is 6. The molecule has 2 aliphatic rings. The summed E-state index contributed by atoms with van der Waals surface area (Å²) in [5.74, 6) is -8.72. The van der Waals surface area contributed by atoms with E-state index in [0.29, 0.717) is 0 Å². The average molecular weight is 1110 g/mol. The van der Waals surface area contributed by atoms with E-state index < -0.39 is 176 Å². The molecule has 2 aromatic rings. The summed E-state index contributed by atoms with van der Waals surface area (Å²) in [4.78, 5) is 123. The first-order chi connectivity index (χ1) is 36.7. The van der Waals surface area contributed by atoms with E-state index in [2.05, 4.69) is 31.9 Å².